The Bertz CT molecular complexity index is 1020. The molecule has 0 heterocycles. The van der Waals surface area contributed by atoms with Crippen LogP contribution in [0.5, 0.6) is 0 Å². The van der Waals surface area contributed by atoms with Gasteiger partial charge in [0.2, 0.25) is 0 Å². The standard InChI is InChI=1S/C49H94NO8P/c1-3-5-7-9-11-13-15-17-19-21-22-23-24-26-28-30-32-34-36-38-40-42-49(52)58-47(46-57-59(53,54)56-44-43-50)45-55-48(51)41-39-37-35-33-31-29-27-25-20-18-16-14-12-10-8-6-4-2/h17-20,47H,3-16,21-46,50H2,1-2H3,(H,53,54)/t47-/m1/s1. The van der Waals surface area contributed by atoms with Crippen LogP contribution in [0, 0.1) is 0 Å². The SMILES string of the molecule is CCCCCCCCC=CCCCCCCCCCCCCCC(=O)O[C@H](COC(=O)CCCCCCCCCC=CCCCCCCCC)COP(=O)(O)OCCN. The van der Waals surface area contributed by atoms with Crippen LogP contribution in [-0.2, 0) is 32.7 Å². The van der Waals surface area contributed by atoms with Crippen molar-refractivity contribution in [1.82, 2.24) is 0 Å². The van der Waals surface area contributed by atoms with E-state index in [0.29, 0.717) is 6.42 Å². The normalized spacial score (nSPS) is 13.4. The average Bonchev–Trinajstić information content (AvgIpc) is 3.22. The van der Waals surface area contributed by atoms with Crippen molar-refractivity contribution in [2.75, 3.05) is 26.4 Å². The molecule has 0 aliphatic heterocycles. The summed E-state index contributed by atoms with van der Waals surface area (Å²) in [6.07, 6.45) is 50.7. The molecular weight excluding hydrogens is 762 g/mol. The van der Waals surface area contributed by atoms with E-state index in [0.717, 1.165) is 51.4 Å². The number of nitrogens with two attached hydrogens (primary N) is 1. The fourth-order valence-corrected chi connectivity index (χ4v) is 7.86. The first-order valence-electron chi connectivity index (χ1n) is 24.8. The Kier molecular flexibility index (Phi) is 44.8. The van der Waals surface area contributed by atoms with Crippen LogP contribution < -0.4 is 5.73 Å². The van der Waals surface area contributed by atoms with Gasteiger partial charge in [0.15, 0.2) is 6.10 Å². The van der Waals surface area contributed by atoms with Crippen molar-refractivity contribution >= 4 is 19.8 Å². The second-order valence-corrected chi connectivity index (χ2v) is 18.1. The summed E-state index contributed by atoms with van der Waals surface area (Å²) in [6, 6.07) is 0. The molecule has 0 fully saturated rings. The Hall–Kier alpha value is -1.51. The summed E-state index contributed by atoms with van der Waals surface area (Å²) < 4.78 is 32.9. The zero-order valence-electron chi connectivity index (χ0n) is 38.5. The van der Waals surface area contributed by atoms with Gasteiger partial charge in [-0.3, -0.25) is 18.6 Å². The fourth-order valence-electron chi connectivity index (χ4n) is 7.10. The van der Waals surface area contributed by atoms with E-state index in [-0.39, 0.29) is 38.6 Å². The van der Waals surface area contributed by atoms with E-state index >= 15 is 0 Å². The number of esters is 2. The van der Waals surface area contributed by atoms with Gasteiger partial charge in [-0.15, -0.1) is 0 Å². The highest BCUT2D eigenvalue weighted by atomic mass is 31.2. The molecule has 9 nitrogen and oxygen atoms in total. The average molecular weight is 856 g/mol. The number of rotatable bonds is 47. The first-order valence-corrected chi connectivity index (χ1v) is 26.3. The lowest BCUT2D eigenvalue weighted by molar-refractivity contribution is -0.161. The Labute approximate surface area is 363 Å². The third-order valence-corrected chi connectivity index (χ3v) is 11.8. The number of phosphoric ester groups is 1. The number of allylic oxidation sites excluding steroid dienone is 4. The van der Waals surface area contributed by atoms with Gasteiger partial charge in [-0.1, -0.05) is 192 Å². The molecular formula is C49H94NO8P. The molecule has 1 unspecified atom stereocenters. The minimum absolute atomic E-state index is 0.0542. The van der Waals surface area contributed by atoms with Gasteiger partial charge in [0.25, 0.3) is 0 Å². The van der Waals surface area contributed by atoms with Gasteiger partial charge in [0.1, 0.15) is 6.61 Å². The molecule has 3 N–H and O–H groups in total. The molecule has 348 valence electrons. The summed E-state index contributed by atoms with van der Waals surface area (Å²) in [5, 5.41) is 0. The lowest BCUT2D eigenvalue weighted by atomic mass is 10.0. The molecule has 0 saturated carbocycles. The molecule has 0 radical (unpaired) electrons. The number of hydrogen-bond donors (Lipinski definition) is 2. The van der Waals surface area contributed by atoms with Gasteiger partial charge >= 0.3 is 19.8 Å². The van der Waals surface area contributed by atoms with E-state index in [4.69, 9.17) is 24.3 Å². The molecule has 59 heavy (non-hydrogen) atoms. The third-order valence-electron chi connectivity index (χ3n) is 10.8. The highest BCUT2D eigenvalue weighted by Crippen LogP contribution is 2.43. The zero-order valence-corrected chi connectivity index (χ0v) is 39.4. The van der Waals surface area contributed by atoms with Gasteiger partial charge in [-0.05, 0) is 64.2 Å². The number of unbranched alkanes of at least 4 members (excludes halogenated alkanes) is 30. The maximum absolute atomic E-state index is 12.6. The summed E-state index contributed by atoms with van der Waals surface area (Å²) in [7, 11) is -4.38. The number of ether oxygens (including phenoxy) is 2. The summed E-state index contributed by atoms with van der Waals surface area (Å²) in [5.74, 6) is -0.824. The van der Waals surface area contributed by atoms with Crippen molar-refractivity contribution in [3.05, 3.63) is 24.3 Å². The molecule has 0 aliphatic carbocycles. The molecule has 0 aromatic carbocycles. The largest absolute Gasteiger partial charge is 0.472 e. The van der Waals surface area contributed by atoms with E-state index in [1.807, 2.05) is 0 Å². The Morgan fingerprint density at radius 2 is 0.831 bits per heavy atom. The third kappa shape index (κ3) is 45.8. The van der Waals surface area contributed by atoms with E-state index in [9.17, 15) is 19.0 Å². The first-order chi connectivity index (χ1) is 28.8. The van der Waals surface area contributed by atoms with Crippen molar-refractivity contribution in [3.63, 3.8) is 0 Å². The smallest absolute Gasteiger partial charge is 0.462 e. The summed E-state index contributed by atoms with van der Waals surface area (Å²) in [5.41, 5.74) is 5.36. The zero-order chi connectivity index (χ0) is 43.2. The summed E-state index contributed by atoms with van der Waals surface area (Å²) in [4.78, 5) is 35.0. The number of phosphoric acid groups is 1. The van der Waals surface area contributed by atoms with E-state index in [1.165, 1.54) is 161 Å². The van der Waals surface area contributed by atoms with Gasteiger partial charge in [0.05, 0.1) is 13.2 Å². The van der Waals surface area contributed by atoms with Gasteiger partial charge in [0, 0.05) is 19.4 Å². The maximum atomic E-state index is 12.6. The number of hydrogen-bond acceptors (Lipinski definition) is 8. The molecule has 0 aliphatic rings. The molecule has 0 rings (SSSR count). The molecule has 0 amide bonds. The predicted octanol–water partition coefficient (Wildman–Crippen LogP) is 14.7. The van der Waals surface area contributed by atoms with Gasteiger partial charge in [-0.2, -0.15) is 0 Å². The molecule has 0 spiro atoms. The molecule has 2 atom stereocenters. The van der Waals surface area contributed by atoms with Crippen LogP contribution in [-0.4, -0.2) is 49.3 Å². The minimum atomic E-state index is -4.38. The van der Waals surface area contributed by atoms with E-state index in [1.54, 1.807) is 0 Å². The van der Waals surface area contributed by atoms with Crippen LogP contribution >= 0.6 is 7.82 Å². The van der Waals surface area contributed by atoms with E-state index < -0.39 is 26.5 Å². The van der Waals surface area contributed by atoms with Crippen LogP contribution in [0.15, 0.2) is 24.3 Å². The van der Waals surface area contributed by atoms with Gasteiger partial charge in [-0.25, -0.2) is 4.57 Å². The van der Waals surface area contributed by atoms with Crippen LogP contribution in [0.1, 0.15) is 245 Å². The molecule has 0 bridgehead atoms. The lowest BCUT2D eigenvalue weighted by Crippen LogP contribution is -2.29. The highest BCUT2D eigenvalue weighted by molar-refractivity contribution is 7.47. The van der Waals surface area contributed by atoms with Gasteiger partial charge < -0.3 is 20.1 Å². The molecule has 0 aromatic heterocycles. The second-order valence-electron chi connectivity index (χ2n) is 16.7. The van der Waals surface area contributed by atoms with Crippen molar-refractivity contribution in [3.8, 4) is 0 Å². The maximum Gasteiger partial charge on any atom is 0.472 e. The van der Waals surface area contributed by atoms with Crippen molar-refractivity contribution < 1.29 is 37.6 Å². The Balaban J connectivity index is 4.05. The van der Waals surface area contributed by atoms with Crippen molar-refractivity contribution in [2.24, 2.45) is 5.73 Å². The summed E-state index contributed by atoms with van der Waals surface area (Å²) in [6.45, 7) is 3.76. The molecule has 10 heteroatoms. The minimum Gasteiger partial charge on any atom is -0.462 e. The lowest BCUT2D eigenvalue weighted by Gasteiger charge is -2.19. The first kappa shape index (κ1) is 57.5. The summed E-state index contributed by atoms with van der Waals surface area (Å²) >= 11 is 0. The highest BCUT2D eigenvalue weighted by Gasteiger charge is 2.26. The predicted molar refractivity (Wildman–Crippen MR) is 247 cm³/mol. The topological polar surface area (TPSA) is 134 Å². The second kappa shape index (κ2) is 46.0. The number of carbonyl (C=O) groups is 2. The van der Waals surface area contributed by atoms with Crippen molar-refractivity contribution in [2.45, 2.75) is 251 Å². The monoisotopic (exact) mass is 856 g/mol. The van der Waals surface area contributed by atoms with Crippen molar-refractivity contribution in [1.29, 1.82) is 0 Å². The Morgan fingerprint density at radius 3 is 1.20 bits per heavy atom. The van der Waals surface area contributed by atoms with Crippen LogP contribution in [0.2, 0.25) is 0 Å². The molecule has 0 saturated heterocycles. The Morgan fingerprint density at radius 1 is 0.492 bits per heavy atom. The fraction of sp³-hybridized carbons (Fsp3) is 0.878. The van der Waals surface area contributed by atoms with Crippen LogP contribution in [0.25, 0.3) is 0 Å². The van der Waals surface area contributed by atoms with E-state index in [2.05, 4.69) is 38.2 Å². The van der Waals surface area contributed by atoms with Crippen LogP contribution in [0.3, 0.4) is 0 Å². The molecule has 0 aromatic rings. The quantitative estimate of drug-likeness (QED) is 0.0265. The number of carbonyl (C=O) groups excluding carboxylic acids is 2. The van der Waals surface area contributed by atoms with Crippen LogP contribution in [0.4, 0.5) is 0 Å².